The minimum absolute atomic E-state index is 0.370. The molecule has 2 aliphatic carbocycles. The van der Waals surface area contributed by atoms with Crippen LogP contribution in [-0.4, -0.2) is 20.3 Å². The fraction of sp³-hybridized carbons (Fsp3) is 1.00. The fourth-order valence-electron chi connectivity index (χ4n) is 2.55. The Labute approximate surface area is 74.5 Å². The van der Waals surface area contributed by atoms with Gasteiger partial charge in [0.05, 0.1) is 6.61 Å². The van der Waals surface area contributed by atoms with E-state index >= 15 is 0 Å². The van der Waals surface area contributed by atoms with Crippen molar-refractivity contribution in [3.05, 3.63) is 0 Å². The van der Waals surface area contributed by atoms with Gasteiger partial charge in [0.25, 0.3) is 0 Å². The number of hydrogen-bond acceptors (Lipinski definition) is 2. The second kappa shape index (κ2) is 3.00. The van der Waals surface area contributed by atoms with Crippen LogP contribution in [0, 0.1) is 17.3 Å². The average molecular weight is 169 g/mol. The second-order valence-electron chi connectivity index (χ2n) is 4.42. The molecule has 2 N–H and O–H groups in total. The summed E-state index contributed by atoms with van der Waals surface area (Å²) in [6.45, 7) is 1.72. The van der Waals surface area contributed by atoms with E-state index in [9.17, 15) is 0 Å². The summed E-state index contributed by atoms with van der Waals surface area (Å²) in [5, 5.41) is 0. The van der Waals surface area contributed by atoms with Crippen molar-refractivity contribution in [2.24, 2.45) is 23.0 Å². The number of hydrogen-bond donors (Lipinski definition) is 1. The maximum absolute atomic E-state index is 5.90. The van der Waals surface area contributed by atoms with Crippen molar-refractivity contribution >= 4 is 0 Å². The SMILES string of the molecule is COCC(CN)(C1CC1)C1CC1. The monoisotopic (exact) mass is 169 g/mol. The Morgan fingerprint density at radius 3 is 2.00 bits per heavy atom. The summed E-state index contributed by atoms with van der Waals surface area (Å²) >= 11 is 0. The first-order valence-corrected chi connectivity index (χ1v) is 5.02. The molecule has 0 spiro atoms. The maximum atomic E-state index is 5.90. The van der Waals surface area contributed by atoms with Gasteiger partial charge in [0.1, 0.15) is 0 Å². The third kappa shape index (κ3) is 1.27. The molecule has 2 rings (SSSR count). The summed E-state index contributed by atoms with van der Waals surface area (Å²) < 4.78 is 5.32. The summed E-state index contributed by atoms with van der Waals surface area (Å²) in [5.41, 5.74) is 6.27. The van der Waals surface area contributed by atoms with Crippen molar-refractivity contribution in [2.45, 2.75) is 25.7 Å². The van der Waals surface area contributed by atoms with E-state index in [0.717, 1.165) is 25.0 Å². The van der Waals surface area contributed by atoms with Gasteiger partial charge in [-0.15, -0.1) is 0 Å². The molecule has 0 bridgehead atoms. The van der Waals surface area contributed by atoms with Gasteiger partial charge in [-0.1, -0.05) is 0 Å². The molecule has 2 fully saturated rings. The Morgan fingerprint density at radius 2 is 1.75 bits per heavy atom. The molecule has 0 atom stereocenters. The molecule has 2 aliphatic rings. The van der Waals surface area contributed by atoms with E-state index in [-0.39, 0.29) is 0 Å². The van der Waals surface area contributed by atoms with Gasteiger partial charge in [0, 0.05) is 19.1 Å². The molecule has 0 aliphatic heterocycles. The zero-order valence-corrected chi connectivity index (χ0v) is 7.88. The summed E-state index contributed by atoms with van der Waals surface area (Å²) in [6.07, 6.45) is 5.54. The minimum Gasteiger partial charge on any atom is -0.384 e. The van der Waals surface area contributed by atoms with E-state index in [4.69, 9.17) is 10.5 Å². The number of nitrogens with two attached hydrogens (primary N) is 1. The quantitative estimate of drug-likeness (QED) is 0.675. The van der Waals surface area contributed by atoms with Crippen molar-refractivity contribution in [1.29, 1.82) is 0 Å². The topological polar surface area (TPSA) is 35.2 Å². The number of methoxy groups -OCH3 is 1. The summed E-state index contributed by atoms with van der Waals surface area (Å²) in [5.74, 6) is 1.77. The van der Waals surface area contributed by atoms with Gasteiger partial charge in [-0.3, -0.25) is 0 Å². The molecule has 0 radical (unpaired) electrons. The van der Waals surface area contributed by atoms with Crippen LogP contribution in [0.4, 0.5) is 0 Å². The lowest BCUT2D eigenvalue weighted by atomic mass is 9.78. The highest BCUT2D eigenvalue weighted by Crippen LogP contribution is 2.57. The van der Waals surface area contributed by atoms with E-state index in [1.165, 1.54) is 25.7 Å². The predicted octanol–water partition coefficient (Wildman–Crippen LogP) is 1.40. The van der Waals surface area contributed by atoms with Crippen molar-refractivity contribution in [3.8, 4) is 0 Å². The van der Waals surface area contributed by atoms with E-state index in [1.807, 2.05) is 0 Å². The van der Waals surface area contributed by atoms with E-state index in [1.54, 1.807) is 7.11 Å². The van der Waals surface area contributed by atoms with Crippen LogP contribution in [-0.2, 0) is 4.74 Å². The van der Waals surface area contributed by atoms with E-state index in [2.05, 4.69) is 0 Å². The fourth-order valence-corrected chi connectivity index (χ4v) is 2.55. The molecule has 0 amide bonds. The highest BCUT2D eigenvalue weighted by Gasteiger charge is 2.53. The molecule has 0 aromatic heterocycles. The van der Waals surface area contributed by atoms with Crippen LogP contribution < -0.4 is 5.73 Å². The minimum atomic E-state index is 0.370. The molecule has 0 aromatic rings. The van der Waals surface area contributed by atoms with E-state index < -0.39 is 0 Å². The van der Waals surface area contributed by atoms with Gasteiger partial charge in [0.15, 0.2) is 0 Å². The second-order valence-corrected chi connectivity index (χ2v) is 4.42. The van der Waals surface area contributed by atoms with Crippen LogP contribution >= 0.6 is 0 Å². The Morgan fingerprint density at radius 1 is 1.25 bits per heavy atom. The normalized spacial score (nSPS) is 24.5. The number of rotatable bonds is 5. The third-order valence-electron chi connectivity index (χ3n) is 3.57. The van der Waals surface area contributed by atoms with E-state index in [0.29, 0.717) is 5.41 Å². The highest BCUT2D eigenvalue weighted by molar-refractivity contribution is 5.03. The Hall–Kier alpha value is -0.0800. The van der Waals surface area contributed by atoms with Crippen molar-refractivity contribution < 1.29 is 4.74 Å². The molecular weight excluding hydrogens is 150 g/mol. The smallest absolute Gasteiger partial charge is 0.0536 e. The van der Waals surface area contributed by atoms with Gasteiger partial charge >= 0.3 is 0 Å². The Kier molecular flexibility index (Phi) is 2.13. The lowest BCUT2D eigenvalue weighted by Gasteiger charge is -2.32. The summed E-state index contributed by atoms with van der Waals surface area (Å²) in [4.78, 5) is 0. The third-order valence-corrected chi connectivity index (χ3v) is 3.57. The maximum Gasteiger partial charge on any atom is 0.0536 e. The molecule has 2 heteroatoms. The van der Waals surface area contributed by atoms with Crippen LogP contribution in [0.3, 0.4) is 0 Å². The molecule has 2 saturated carbocycles. The molecule has 0 heterocycles. The zero-order chi connectivity index (χ0) is 8.60. The van der Waals surface area contributed by atoms with Crippen LogP contribution in [0.2, 0.25) is 0 Å². The van der Waals surface area contributed by atoms with Gasteiger partial charge in [-0.2, -0.15) is 0 Å². The lowest BCUT2D eigenvalue weighted by molar-refractivity contribution is 0.0501. The molecule has 0 aromatic carbocycles. The lowest BCUT2D eigenvalue weighted by Crippen LogP contribution is -2.39. The average Bonchev–Trinajstić information content (AvgIpc) is 2.88. The zero-order valence-electron chi connectivity index (χ0n) is 7.88. The highest BCUT2D eigenvalue weighted by atomic mass is 16.5. The molecule has 12 heavy (non-hydrogen) atoms. The number of ether oxygens (including phenoxy) is 1. The molecule has 0 saturated heterocycles. The standard InChI is InChI=1S/C10H19NO/c1-12-7-10(6-11,8-2-3-8)9-4-5-9/h8-9H,2-7,11H2,1H3. The molecule has 2 nitrogen and oxygen atoms in total. The van der Waals surface area contributed by atoms with Gasteiger partial charge in [0.2, 0.25) is 0 Å². The first kappa shape index (κ1) is 8.52. The van der Waals surface area contributed by atoms with Crippen LogP contribution in [0.5, 0.6) is 0 Å². The molecule has 0 unspecified atom stereocenters. The van der Waals surface area contributed by atoms with Crippen molar-refractivity contribution in [2.75, 3.05) is 20.3 Å². The van der Waals surface area contributed by atoms with Gasteiger partial charge in [-0.05, 0) is 37.5 Å². The predicted molar refractivity (Wildman–Crippen MR) is 48.8 cm³/mol. The summed E-state index contributed by atoms with van der Waals surface area (Å²) in [6, 6.07) is 0. The van der Waals surface area contributed by atoms with Crippen LogP contribution in [0.25, 0.3) is 0 Å². The molecular formula is C10H19NO. The van der Waals surface area contributed by atoms with Crippen LogP contribution in [0.15, 0.2) is 0 Å². The first-order chi connectivity index (χ1) is 5.83. The summed E-state index contributed by atoms with van der Waals surface area (Å²) in [7, 11) is 1.80. The Balaban J connectivity index is 2.04. The van der Waals surface area contributed by atoms with Crippen molar-refractivity contribution in [1.82, 2.24) is 0 Å². The van der Waals surface area contributed by atoms with Crippen molar-refractivity contribution in [3.63, 3.8) is 0 Å². The van der Waals surface area contributed by atoms with Crippen LogP contribution in [0.1, 0.15) is 25.7 Å². The largest absolute Gasteiger partial charge is 0.384 e. The first-order valence-electron chi connectivity index (χ1n) is 5.02. The Bertz CT molecular complexity index is 149. The molecule has 70 valence electrons. The van der Waals surface area contributed by atoms with Gasteiger partial charge in [-0.25, -0.2) is 0 Å². The van der Waals surface area contributed by atoms with Gasteiger partial charge < -0.3 is 10.5 Å².